The number of carbonyl (C=O) groups excluding carboxylic acids is 1. The third-order valence-corrected chi connectivity index (χ3v) is 5.20. The number of ether oxygens (including phenoxy) is 1. The standard InChI is InChI=1S/C19H26N4O2/c20-13-15-4-6-16(7-5-15)18(19(21)24)23-8-2-1-3-17(23)14-22-9-11-25-12-10-22/h4-7,17-18H,1-3,8-12,14H2,(H2,21,24). The van der Waals surface area contributed by atoms with E-state index in [-0.39, 0.29) is 5.91 Å². The summed E-state index contributed by atoms with van der Waals surface area (Å²) in [5.74, 6) is -0.321. The van der Waals surface area contributed by atoms with Crippen molar-refractivity contribution < 1.29 is 9.53 Å². The number of primary amides is 1. The van der Waals surface area contributed by atoms with Crippen LogP contribution in [0.3, 0.4) is 0 Å². The molecule has 2 heterocycles. The molecule has 1 aromatic rings. The fourth-order valence-electron chi connectivity index (χ4n) is 3.90. The summed E-state index contributed by atoms with van der Waals surface area (Å²) in [4.78, 5) is 17.0. The molecule has 2 unspecified atom stereocenters. The molecule has 2 aliphatic heterocycles. The van der Waals surface area contributed by atoms with E-state index in [0.29, 0.717) is 11.6 Å². The lowest BCUT2D eigenvalue weighted by Crippen LogP contribution is -2.52. The Bertz CT molecular complexity index is 619. The van der Waals surface area contributed by atoms with Crippen LogP contribution in [0, 0.1) is 11.3 Å². The largest absolute Gasteiger partial charge is 0.379 e. The molecule has 0 aliphatic carbocycles. The highest BCUT2D eigenvalue weighted by molar-refractivity contribution is 5.81. The third-order valence-electron chi connectivity index (χ3n) is 5.20. The lowest BCUT2D eigenvalue weighted by atomic mass is 9.95. The second kappa shape index (κ2) is 8.43. The summed E-state index contributed by atoms with van der Waals surface area (Å²) in [6.07, 6.45) is 3.35. The van der Waals surface area contributed by atoms with Crippen LogP contribution < -0.4 is 5.73 Å². The minimum absolute atomic E-state index is 0.319. The molecule has 134 valence electrons. The first kappa shape index (κ1) is 17.9. The molecule has 25 heavy (non-hydrogen) atoms. The fourth-order valence-corrected chi connectivity index (χ4v) is 3.90. The SMILES string of the molecule is N#Cc1ccc(C(C(N)=O)N2CCCCC2CN2CCOCC2)cc1. The highest BCUT2D eigenvalue weighted by Crippen LogP contribution is 2.29. The number of hydrogen-bond acceptors (Lipinski definition) is 5. The van der Waals surface area contributed by atoms with Gasteiger partial charge in [0.05, 0.1) is 24.8 Å². The first-order valence-electron chi connectivity index (χ1n) is 9.04. The molecule has 6 heteroatoms. The summed E-state index contributed by atoms with van der Waals surface area (Å²) < 4.78 is 5.44. The Hall–Kier alpha value is -1.94. The second-order valence-corrected chi connectivity index (χ2v) is 6.84. The molecule has 2 atom stereocenters. The molecule has 2 saturated heterocycles. The van der Waals surface area contributed by atoms with E-state index in [2.05, 4.69) is 15.9 Å². The highest BCUT2D eigenvalue weighted by atomic mass is 16.5. The number of morpholine rings is 1. The topological polar surface area (TPSA) is 82.6 Å². The summed E-state index contributed by atoms with van der Waals surface area (Å²) in [6, 6.07) is 9.23. The fraction of sp³-hybridized carbons (Fsp3) is 0.579. The van der Waals surface area contributed by atoms with E-state index in [0.717, 1.165) is 57.8 Å². The van der Waals surface area contributed by atoms with Gasteiger partial charge in [0, 0.05) is 25.7 Å². The lowest BCUT2D eigenvalue weighted by Gasteiger charge is -2.42. The molecule has 2 fully saturated rings. The van der Waals surface area contributed by atoms with Gasteiger partial charge in [-0.2, -0.15) is 5.26 Å². The first-order chi connectivity index (χ1) is 12.2. The van der Waals surface area contributed by atoms with Gasteiger partial charge >= 0.3 is 0 Å². The first-order valence-corrected chi connectivity index (χ1v) is 9.04. The average Bonchev–Trinajstić information content (AvgIpc) is 2.64. The number of benzene rings is 1. The zero-order valence-corrected chi connectivity index (χ0v) is 14.6. The van der Waals surface area contributed by atoms with Crippen molar-refractivity contribution in [1.82, 2.24) is 9.80 Å². The van der Waals surface area contributed by atoms with E-state index in [9.17, 15) is 4.79 Å². The van der Waals surface area contributed by atoms with Crippen LogP contribution in [0.2, 0.25) is 0 Å². The summed E-state index contributed by atoms with van der Waals surface area (Å²) in [6.45, 7) is 5.28. The van der Waals surface area contributed by atoms with E-state index in [1.165, 1.54) is 6.42 Å². The van der Waals surface area contributed by atoms with Crippen molar-refractivity contribution in [3.05, 3.63) is 35.4 Å². The molecule has 2 aliphatic rings. The monoisotopic (exact) mass is 342 g/mol. The van der Waals surface area contributed by atoms with Crippen LogP contribution >= 0.6 is 0 Å². The Kier molecular flexibility index (Phi) is 6.03. The molecule has 2 N–H and O–H groups in total. The Morgan fingerprint density at radius 3 is 2.60 bits per heavy atom. The van der Waals surface area contributed by atoms with Gasteiger partial charge in [-0.15, -0.1) is 0 Å². The van der Waals surface area contributed by atoms with E-state index in [1.807, 2.05) is 12.1 Å². The number of nitriles is 1. The molecule has 1 amide bonds. The third kappa shape index (κ3) is 4.37. The zero-order valence-electron chi connectivity index (χ0n) is 14.6. The molecule has 3 rings (SSSR count). The van der Waals surface area contributed by atoms with Crippen LogP contribution in [-0.2, 0) is 9.53 Å². The molecule has 0 spiro atoms. The number of amides is 1. The summed E-state index contributed by atoms with van der Waals surface area (Å²) in [5.41, 5.74) is 7.25. The second-order valence-electron chi connectivity index (χ2n) is 6.84. The van der Waals surface area contributed by atoms with E-state index >= 15 is 0 Å². The van der Waals surface area contributed by atoms with Gasteiger partial charge in [-0.25, -0.2) is 0 Å². The lowest BCUT2D eigenvalue weighted by molar-refractivity contribution is -0.125. The van der Waals surface area contributed by atoms with Gasteiger partial charge in [0.2, 0.25) is 5.91 Å². The summed E-state index contributed by atoms with van der Waals surface area (Å²) in [7, 11) is 0. The van der Waals surface area contributed by atoms with Crippen molar-refractivity contribution in [3.63, 3.8) is 0 Å². The number of nitrogens with zero attached hydrogens (tertiary/aromatic N) is 3. The minimum atomic E-state index is -0.431. The number of hydrogen-bond donors (Lipinski definition) is 1. The van der Waals surface area contributed by atoms with Crippen molar-refractivity contribution in [2.24, 2.45) is 5.73 Å². The van der Waals surface area contributed by atoms with Crippen LogP contribution in [0.5, 0.6) is 0 Å². The molecular formula is C19H26N4O2. The number of likely N-dealkylation sites (tertiary alicyclic amines) is 1. The molecule has 0 radical (unpaired) electrons. The maximum absolute atomic E-state index is 12.3. The van der Waals surface area contributed by atoms with E-state index in [4.69, 9.17) is 15.7 Å². The van der Waals surface area contributed by atoms with Gasteiger partial charge in [0.25, 0.3) is 0 Å². The Balaban J connectivity index is 1.79. The van der Waals surface area contributed by atoms with Crippen molar-refractivity contribution in [2.45, 2.75) is 31.3 Å². The summed E-state index contributed by atoms with van der Waals surface area (Å²) in [5, 5.41) is 8.98. The molecule has 6 nitrogen and oxygen atoms in total. The van der Waals surface area contributed by atoms with Crippen LogP contribution in [-0.4, -0.2) is 61.1 Å². The van der Waals surface area contributed by atoms with Gasteiger partial charge in [0.1, 0.15) is 6.04 Å². The number of nitrogens with two attached hydrogens (primary N) is 1. The summed E-state index contributed by atoms with van der Waals surface area (Å²) >= 11 is 0. The van der Waals surface area contributed by atoms with Crippen molar-refractivity contribution in [3.8, 4) is 6.07 Å². The predicted octanol–water partition coefficient (Wildman–Crippen LogP) is 1.27. The van der Waals surface area contributed by atoms with Gasteiger partial charge in [0.15, 0.2) is 0 Å². The van der Waals surface area contributed by atoms with Crippen molar-refractivity contribution in [1.29, 1.82) is 5.26 Å². The minimum Gasteiger partial charge on any atom is -0.379 e. The average molecular weight is 342 g/mol. The van der Waals surface area contributed by atoms with E-state index < -0.39 is 6.04 Å². The maximum Gasteiger partial charge on any atom is 0.239 e. The van der Waals surface area contributed by atoms with Crippen molar-refractivity contribution in [2.75, 3.05) is 39.4 Å². The smallest absolute Gasteiger partial charge is 0.239 e. The molecular weight excluding hydrogens is 316 g/mol. The van der Waals surface area contributed by atoms with Crippen LogP contribution in [0.15, 0.2) is 24.3 Å². The number of piperidine rings is 1. The predicted molar refractivity (Wildman–Crippen MR) is 94.7 cm³/mol. The van der Waals surface area contributed by atoms with Gasteiger partial charge in [-0.3, -0.25) is 14.6 Å². The molecule has 1 aromatic carbocycles. The van der Waals surface area contributed by atoms with Crippen LogP contribution in [0.4, 0.5) is 0 Å². The van der Waals surface area contributed by atoms with E-state index in [1.54, 1.807) is 12.1 Å². The zero-order chi connectivity index (χ0) is 17.6. The highest BCUT2D eigenvalue weighted by Gasteiger charge is 2.34. The Morgan fingerprint density at radius 1 is 1.24 bits per heavy atom. The van der Waals surface area contributed by atoms with Crippen LogP contribution in [0.25, 0.3) is 0 Å². The van der Waals surface area contributed by atoms with Crippen LogP contribution in [0.1, 0.15) is 36.4 Å². The maximum atomic E-state index is 12.3. The molecule has 0 aromatic heterocycles. The van der Waals surface area contributed by atoms with Gasteiger partial charge in [-0.05, 0) is 37.1 Å². The normalized spacial score (nSPS) is 23.7. The number of carbonyl (C=O) groups is 1. The van der Waals surface area contributed by atoms with Crippen molar-refractivity contribution >= 4 is 5.91 Å². The van der Waals surface area contributed by atoms with Gasteiger partial charge < -0.3 is 10.5 Å². The van der Waals surface area contributed by atoms with Gasteiger partial charge in [-0.1, -0.05) is 18.6 Å². The Labute approximate surface area is 149 Å². The Morgan fingerprint density at radius 2 is 1.96 bits per heavy atom. The molecule has 0 bridgehead atoms. The number of rotatable bonds is 5. The quantitative estimate of drug-likeness (QED) is 0.871. The molecule has 0 saturated carbocycles.